The van der Waals surface area contributed by atoms with Crippen molar-refractivity contribution in [2.24, 2.45) is 11.8 Å². The van der Waals surface area contributed by atoms with E-state index in [2.05, 4.69) is 5.32 Å². The molecule has 3 heterocycles. The number of nitrogens with zero attached hydrogens (tertiary/aromatic N) is 1. The van der Waals surface area contributed by atoms with Crippen molar-refractivity contribution < 1.29 is 17.6 Å². The number of amides is 1. The molecule has 0 spiro atoms. The van der Waals surface area contributed by atoms with Gasteiger partial charge in [-0.15, -0.1) is 11.3 Å². The maximum Gasteiger partial charge on any atom is 0.252 e. The number of carbonyl (C=O) groups is 1. The zero-order valence-electron chi connectivity index (χ0n) is 14.4. The summed E-state index contributed by atoms with van der Waals surface area (Å²) >= 11 is 6.92. The first-order valence-corrected chi connectivity index (χ1v) is 11.1. The van der Waals surface area contributed by atoms with E-state index in [1.807, 2.05) is 13.0 Å². The number of rotatable bonds is 6. The summed E-state index contributed by atoms with van der Waals surface area (Å²) in [4.78, 5) is 12.3. The molecule has 0 unspecified atom stereocenters. The van der Waals surface area contributed by atoms with Crippen molar-refractivity contribution in [3.05, 3.63) is 40.6 Å². The average Bonchev–Trinajstić information content (AvgIpc) is 3.31. The fourth-order valence-electron chi connectivity index (χ4n) is 3.14. The quantitative estimate of drug-likeness (QED) is 0.783. The number of hydrogen-bond acceptors (Lipinski definition) is 5. The zero-order valence-corrected chi connectivity index (χ0v) is 16.7. The summed E-state index contributed by atoms with van der Waals surface area (Å²) < 4.78 is 32.7. The van der Waals surface area contributed by atoms with Crippen molar-refractivity contribution in [1.82, 2.24) is 9.62 Å². The van der Waals surface area contributed by atoms with E-state index >= 15 is 0 Å². The molecule has 142 valence electrons. The molecule has 0 aliphatic carbocycles. The highest BCUT2D eigenvalue weighted by Gasteiger charge is 2.34. The van der Waals surface area contributed by atoms with Gasteiger partial charge in [0.05, 0.1) is 17.1 Å². The molecule has 6 nitrogen and oxygen atoms in total. The number of halogens is 1. The molecule has 0 saturated carbocycles. The van der Waals surface area contributed by atoms with E-state index in [1.54, 1.807) is 24.5 Å². The molecule has 0 bridgehead atoms. The number of piperidine rings is 1. The van der Waals surface area contributed by atoms with Crippen LogP contribution in [0.15, 0.2) is 39.2 Å². The van der Waals surface area contributed by atoms with E-state index in [9.17, 15) is 13.2 Å². The smallest absolute Gasteiger partial charge is 0.252 e. The fourth-order valence-corrected chi connectivity index (χ4v) is 6.25. The topological polar surface area (TPSA) is 79.6 Å². The minimum absolute atomic E-state index is 0.0345. The summed E-state index contributed by atoms with van der Waals surface area (Å²) in [6, 6.07) is 6.73. The summed E-state index contributed by atoms with van der Waals surface area (Å²) in [7, 11) is -3.50. The molecule has 1 N–H and O–H groups in total. The van der Waals surface area contributed by atoms with Crippen LogP contribution in [0.1, 0.15) is 25.5 Å². The Morgan fingerprint density at radius 3 is 2.69 bits per heavy atom. The van der Waals surface area contributed by atoms with Crippen LogP contribution in [0.2, 0.25) is 4.34 Å². The van der Waals surface area contributed by atoms with Gasteiger partial charge in [0.15, 0.2) is 0 Å². The minimum atomic E-state index is -3.50. The van der Waals surface area contributed by atoms with Crippen molar-refractivity contribution in [2.75, 3.05) is 13.1 Å². The van der Waals surface area contributed by atoms with E-state index in [1.165, 1.54) is 4.31 Å². The Morgan fingerprint density at radius 2 is 2.12 bits per heavy atom. The Kier molecular flexibility index (Phi) is 6.06. The third-order valence-corrected chi connectivity index (χ3v) is 8.38. The van der Waals surface area contributed by atoms with Crippen molar-refractivity contribution in [3.8, 4) is 0 Å². The molecule has 1 aliphatic heterocycles. The highest BCUT2D eigenvalue weighted by Crippen LogP contribution is 2.32. The predicted octanol–water partition coefficient (Wildman–Crippen LogP) is 3.35. The lowest BCUT2D eigenvalue weighted by Gasteiger charge is -2.33. The molecule has 2 aromatic heterocycles. The molecule has 0 radical (unpaired) electrons. The van der Waals surface area contributed by atoms with Gasteiger partial charge >= 0.3 is 0 Å². The molecule has 1 aliphatic rings. The number of furan rings is 1. The zero-order chi connectivity index (χ0) is 18.7. The van der Waals surface area contributed by atoms with E-state index in [0.717, 1.165) is 11.3 Å². The van der Waals surface area contributed by atoms with Crippen LogP contribution in [0.5, 0.6) is 0 Å². The molecular weight excluding hydrogens is 396 g/mol. The molecule has 0 aromatic carbocycles. The number of nitrogens with one attached hydrogen (secondary N) is 1. The monoisotopic (exact) mass is 416 g/mol. The molecule has 9 heteroatoms. The second-order valence-electron chi connectivity index (χ2n) is 6.39. The Hall–Kier alpha value is -1.35. The van der Waals surface area contributed by atoms with Crippen LogP contribution in [-0.4, -0.2) is 31.7 Å². The maximum atomic E-state index is 12.6. The summed E-state index contributed by atoms with van der Waals surface area (Å²) in [5.41, 5.74) is 0. The van der Waals surface area contributed by atoms with E-state index in [-0.39, 0.29) is 22.0 Å². The molecular formula is C17H21ClN2O4S2. The summed E-state index contributed by atoms with van der Waals surface area (Å²) in [6.45, 7) is 3.09. The standard InChI is InChI=1S/C17H21ClN2O4S2/c1-12(17(21)19-11-14-3-2-10-24-14)13-6-8-20(9-7-13)26(22,23)16-5-4-15(18)25-16/h2-5,10,12-13H,6-9,11H2,1H3,(H,19,21)/t12-/m0/s1. The van der Waals surface area contributed by atoms with E-state index in [4.69, 9.17) is 16.0 Å². The fraction of sp³-hybridized carbons (Fsp3) is 0.471. The van der Waals surface area contributed by atoms with Gasteiger partial charge in [-0.3, -0.25) is 4.79 Å². The molecule has 1 saturated heterocycles. The van der Waals surface area contributed by atoms with Crippen LogP contribution in [0.3, 0.4) is 0 Å². The van der Waals surface area contributed by atoms with Gasteiger partial charge in [-0.05, 0) is 43.0 Å². The lowest BCUT2D eigenvalue weighted by molar-refractivity contribution is -0.126. The minimum Gasteiger partial charge on any atom is -0.467 e. The first-order chi connectivity index (χ1) is 12.4. The Balaban J connectivity index is 1.53. The average molecular weight is 417 g/mol. The largest absolute Gasteiger partial charge is 0.467 e. The Labute approximate surface area is 162 Å². The molecule has 3 rings (SSSR count). The third-order valence-electron chi connectivity index (χ3n) is 4.78. The number of carbonyl (C=O) groups excluding carboxylic acids is 1. The summed E-state index contributed by atoms with van der Waals surface area (Å²) in [5, 5.41) is 2.87. The number of hydrogen-bond donors (Lipinski definition) is 1. The van der Waals surface area contributed by atoms with Crippen LogP contribution in [0, 0.1) is 11.8 Å². The molecule has 2 aromatic rings. The van der Waals surface area contributed by atoms with Crippen molar-refractivity contribution in [3.63, 3.8) is 0 Å². The van der Waals surface area contributed by atoms with Gasteiger partial charge < -0.3 is 9.73 Å². The van der Waals surface area contributed by atoms with Gasteiger partial charge in [0.2, 0.25) is 5.91 Å². The van der Waals surface area contributed by atoms with Gasteiger partial charge in [-0.25, -0.2) is 8.42 Å². The summed E-state index contributed by atoms with van der Waals surface area (Å²) in [6.07, 6.45) is 2.89. The van der Waals surface area contributed by atoms with Crippen LogP contribution in [0.4, 0.5) is 0 Å². The second kappa shape index (κ2) is 8.12. The van der Waals surface area contributed by atoms with Crippen molar-refractivity contribution in [2.45, 2.75) is 30.5 Å². The molecule has 1 atom stereocenters. The van der Waals surface area contributed by atoms with Crippen LogP contribution < -0.4 is 5.32 Å². The number of sulfonamides is 1. The lowest BCUT2D eigenvalue weighted by atomic mass is 9.85. The Morgan fingerprint density at radius 1 is 1.38 bits per heavy atom. The van der Waals surface area contributed by atoms with Gasteiger partial charge in [0.1, 0.15) is 9.97 Å². The van der Waals surface area contributed by atoms with Gasteiger partial charge in [0, 0.05) is 19.0 Å². The van der Waals surface area contributed by atoms with E-state index < -0.39 is 10.0 Å². The first kappa shape index (κ1) is 19.4. The molecule has 26 heavy (non-hydrogen) atoms. The normalized spacial score (nSPS) is 17.9. The summed E-state index contributed by atoms with van der Waals surface area (Å²) in [5.74, 6) is 0.657. The molecule has 1 amide bonds. The molecule has 1 fully saturated rings. The van der Waals surface area contributed by atoms with Crippen molar-refractivity contribution in [1.29, 1.82) is 0 Å². The number of thiophene rings is 1. The van der Waals surface area contributed by atoms with E-state index in [0.29, 0.717) is 42.6 Å². The second-order valence-corrected chi connectivity index (χ2v) is 10.3. The van der Waals surface area contributed by atoms with Crippen LogP contribution in [-0.2, 0) is 21.4 Å². The van der Waals surface area contributed by atoms with Gasteiger partial charge in [-0.1, -0.05) is 18.5 Å². The lowest BCUT2D eigenvalue weighted by Crippen LogP contribution is -2.42. The van der Waals surface area contributed by atoms with Crippen molar-refractivity contribution >= 4 is 38.9 Å². The van der Waals surface area contributed by atoms with Gasteiger partial charge in [-0.2, -0.15) is 4.31 Å². The predicted molar refractivity (Wildman–Crippen MR) is 101 cm³/mol. The highest BCUT2D eigenvalue weighted by molar-refractivity contribution is 7.91. The highest BCUT2D eigenvalue weighted by atomic mass is 35.5. The van der Waals surface area contributed by atoms with Crippen LogP contribution >= 0.6 is 22.9 Å². The Bertz CT molecular complexity index is 840. The SMILES string of the molecule is C[C@H](C(=O)NCc1ccco1)C1CCN(S(=O)(=O)c2ccc(Cl)s2)CC1. The van der Waals surface area contributed by atoms with Gasteiger partial charge in [0.25, 0.3) is 10.0 Å². The third kappa shape index (κ3) is 4.31. The maximum absolute atomic E-state index is 12.6. The van der Waals surface area contributed by atoms with Crippen LogP contribution in [0.25, 0.3) is 0 Å². The first-order valence-electron chi connectivity index (χ1n) is 8.43.